The van der Waals surface area contributed by atoms with Gasteiger partial charge in [-0.15, -0.1) is 0 Å². The quantitative estimate of drug-likeness (QED) is 0.741. The molecule has 1 aromatic heterocycles. The van der Waals surface area contributed by atoms with Gasteiger partial charge in [0.1, 0.15) is 11.6 Å². The van der Waals surface area contributed by atoms with E-state index in [0.29, 0.717) is 0 Å². The minimum absolute atomic E-state index is 0.823. The summed E-state index contributed by atoms with van der Waals surface area (Å²) in [7, 11) is 3.60. The Morgan fingerprint density at radius 2 is 2.25 bits per heavy atom. The number of rotatable bonds is 7. The number of aromatic nitrogens is 2. The van der Waals surface area contributed by atoms with Crippen LogP contribution in [0.25, 0.3) is 0 Å². The van der Waals surface area contributed by atoms with Crippen molar-refractivity contribution in [2.75, 3.05) is 31.8 Å². The van der Waals surface area contributed by atoms with Gasteiger partial charge < -0.3 is 10.1 Å². The fourth-order valence-corrected chi connectivity index (χ4v) is 2.07. The Hall–Kier alpha value is -0.810. The van der Waals surface area contributed by atoms with E-state index in [4.69, 9.17) is 4.74 Å². The predicted molar refractivity (Wildman–Crippen MR) is 69.0 cm³/mol. The van der Waals surface area contributed by atoms with Crippen molar-refractivity contribution in [2.45, 2.75) is 19.1 Å². The molecule has 5 heteroatoms. The summed E-state index contributed by atoms with van der Waals surface area (Å²) in [5, 5.41) is 3.04. The van der Waals surface area contributed by atoms with E-state index in [1.807, 2.05) is 31.8 Å². The Labute approximate surface area is 101 Å². The molecular formula is C11H19N3OS. The van der Waals surface area contributed by atoms with Gasteiger partial charge in [-0.3, -0.25) is 0 Å². The third kappa shape index (κ3) is 4.81. The summed E-state index contributed by atoms with van der Waals surface area (Å²) < 4.78 is 5.00. The number of thioether (sulfide) groups is 1. The van der Waals surface area contributed by atoms with Crippen LogP contribution in [0, 0.1) is 6.92 Å². The number of hydrogen-bond donors (Lipinski definition) is 1. The Morgan fingerprint density at radius 3 is 2.94 bits per heavy atom. The van der Waals surface area contributed by atoms with Crippen molar-refractivity contribution in [1.29, 1.82) is 0 Å². The number of aryl methyl sites for hydroxylation is 1. The fourth-order valence-electron chi connectivity index (χ4n) is 1.29. The van der Waals surface area contributed by atoms with E-state index in [9.17, 15) is 0 Å². The molecule has 1 aromatic rings. The Bertz CT molecular complexity index is 320. The highest BCUT2D eigenvalue weighted by Gasteiger charge is 2.01. The van der Waals surface area contributed by atoms with Gasteiger partial charge >= 0.3 is 0 Å². The van der Waals surface area contributed by atoms with Gasteiger partial charge in [0.15, 0.2) is 0 Å². The van der Waals surface area contributed by atoms with Crippen LogP contribution in [0.2, 0.25) is 0 Å². The van der Waals surface area contributed by atoms with Gasteiger partial charge in [0.25, 0.3) is 0 Å². The van der Waals surface area contributed by atoms with Crippen LogP contribution < -0.4 is 5.32 Å². The Balaban J connectivity index is 2.38. The van der Waals surface area contributed by atoms with Crippen LogP contribution in [-0.2, 0) is 10.5 Å². The maximum Gasteiger partial charge on any atom is 0.140 e. The predicted octanol–water partition coefficient (Wildman–Crippen LogP) is 2.10. The minimum Gasteiger partial charge on any atom is -0.385 e. The first-order valence-electron chi connectivity index (χ1n) is 5.35. The number of ether oxygens (including phenoxy) is 1. The summed E-state index contributed by atoms with van der Waals surface area (Å²) >= 11 is 1.84. The molecule has 0 aromatic carbocycles. The molecule has 1 heterocycles. The molecule has 0 atom stereocenters. The number of hydrogen-bond acceptors (Lipinski definition) is 5. The molecular weight excluding hydrogens is 222 g/mol. The van der Waals surface area contributed by atoms with Crippen molar-refractivity contribution in [3.05, 3.63) is 17.6 Å². The largest absolute Gasteiger partial charge is 0.385 e. The van der Waals surface area contributed by atoms with Crippen LogP contribution in [0.3, 0.4) is 0 Å². The van der Waals surface area contributed by atoms with E-state index in [1.54, 1.807) is 7.11 Å². The molecule has 90 valence electrons. The molecule has 1 N–H and O–H groups in total. The van der Waals surface area contributed by atoms with Gasteiger partial charge in [-0.2, -0.15) is 11.8 Å². The molecule has 0 amide bonds. The standard InChI is InChI=1S/C11H19N3OS/c1-9-7-10(12-2)14-11(13-9)8-16-6-4-5-15-3/h7H,4-6,8H2,1-3H3,(H,12,13,14). The van der Waals surface area contributed by atoms with E-state index in [1.165, 1.54) is 0 Å². The summed E-state index contributed by atoms with van der Waals surface area (Å²) in [6, 6.07) is 1.94. The van der Waals surface area contributed by atoms with E-state index < -0.39 is 0 Å². The van der Waals surface area contributed by atoms with E-state index in [-0.39, 0.29) is 0 Å². The van der Waals surface area contributed by atoms with Gasteiger partial charge in [0.2, 0.25) is 0 Å². The second-order valence-electron chi connectivity index (χ2n) is 3.46. The van der Waals surface area contributed by atoms with Crippen LogP contribution in [0.5, 0.6) is 0 Å². The lowest BCUT2D eigenvalue weighted by atomic mass is 10.4. The number of nitrogens with zero attached hydrogens (tertiary/aromatic N) is 2. The molecule has 0 aliphatic heterocycles. The molecule has 0 saturated carbocycles. The molecule has 0 unspecified atom stereocenters. The van der Waals surface area contributed by atoms with Crippen LogP contribution in [0.4, 0.5) is 5.82 Å². The molecule has 0 bridgehead atoms. The van der Waals surface area contributed by atoms with Crippen molar-refractivity contribution >= 4 is 17.6 Å². The summed E-state index contributed by atoms with van der Waals surface area (Å²) in [6.45, 7) is 2.81. The maximum absolute atomic E-state index is 5.00. The third-order valence-electron chi connectivity index (χ3n) is 2.02. The number of nitrogens with one attached hydrogen (secondary N) is 1. The SMILES string of the molecule is CNc1cc(C)nc(CSCCCOC)n1. The minimum atomic E-state index is 0.823. The first kappa shape index (κ1) is 13.3. The molecule has 0 aliphatic carbocycles. The summed E-state index contributed by atoms with van der Waals surface area (Å²) in [5.74, 6) is 3.73. The van der Waals surface area contributed by atoms with E-state index in [0.717, 1.165) is 41.9 Å². The van der Waals surface area contributed by atoms with Gasteiger partial charge in [-0.05, 0) is 19.1 Å². The van der Waals surface area contributed by atoms with Gasteiger partial charge in [0.05, 0.1) is 5.75 Å². The molecule has 0 spiro atoms. The van der Waals surface area contributed by atoms with Crippen LogP contribution in [0.1, 0.15) is 17.9 Å². The first-order valence-corrected chi connectivity index (χ1v) is 6.50. The van der Waals surface area contributed by atoms with E-state index in [2.05, 4.69) is 15.3 Å². The van der Waals surface area contributed by atoms with Gasteiger partial charge in [-0.1, -0.05) is 0 Å². The molecule has 1 rings (SSSR count). The number of methoxy groups -OCH3 is 1. The monoisotopic (exact) mass is 241 g/mol. The van der Waals surface area contributed by atoms with Crippen LogP contribution in [-0.4, -0.2) is 36.5 Å². The summed E-state index contributed by atoms with van der Waals surface area (Å²) in [6.07, 6.45) is 1.08. The van der Waals surface area contributed by atoms with Crippen molar-refractivity contribution in [3.8, 4) is 0 Å². The highest BCUT2D eigenvalue weighted by atomic mass is 32.2. The maximum atomic E-state index is 5.00. The smallest absolute Gasteiger partial charge is 0.140 e. The molecule has 0 fully saturated rings. The Morgan fingerprint density at radius 1 is 1.44 bits per heavy atom. The summed E-state index contributed by atoms with van der Waals surface area (Å²) in [5.41, 5.74) is 1.01. The Kier molecular flexibility index (Phi) is 6.18. The van der Waals surface area contributed by atoms with Crippen molar-refractivity contribution in [1.82, 2.24) is 9.97 Å². The van der Waals surface area contributed by atoms with E-state index >= 15 is 0 Å². The second-order valence-corrected chi connectivity index (χ2v) is 4.56. The highest BCUT2D eigenvalue weighted by molar-refractivity contribution is 7.98. The molecule has 0 saturated heterocycles. The van der Waals surface area contributed by atoms with Gasteiger partial charge in [-0.25, -0.2) is 9.97 Å². The fraction of sp³-hybridized carbons (Fsp3) is 0.636. The lowest BCUT2D eigenvalue weighted by Crippen LogP contribution is -2.01. The zero-order chi connectivity index (χ0) is 11.8. The molecule has 0 radical (unpaired) electrons. The average molecular weight is 241 g/mol. The average Bonchev–Trinajstić information content (AvgIpc) is 2.28. The van der Waals surface area contributed by atoms with Crippen molar-refractivity contribution in [3.63, 3.8) is 0 Å². The first-order chi connectivity index (χ1) is 7.76. The third-order valence-corrected chi connectivity index (χ3v) is 3.06. The lowest BCUT2D eigenvalue weighted by Gasteiger charge is -2.05. The zero-order valence-electron chi connectivity index (χ0n) is 10.1. The molecule has 4 nitrogen and oxygen atoms in total. The normalized spacial score (nSPS) is 10.4. The lowest BCUT2D eigenvalue weighted by molar-refractivity contribution is 0.200. The summed E-state index contributed by atoms with van der Waals surface area (Å²) in [4.78, 5) is 8.79. The second kappa shape index (κ2) is 7.46. The highest BCUT2D eigenvalue weighted by Crippen LogP contribution is 2.12. The molecule has 0 aliphatic rings. The van der Waals surface area contributed by atoms with Crippen molar-refractivity contribution in [2.24, 2.45) is 0 Å². The van der Waals surface area contributed by atoms with Gasteiger partial charge in [0, 0.05) is 32.5 Å². The zero-order valence-corrected chi connectivity index (χ0v) is 10.9. The molecule has 16 heavy (non-hydrogen) atoms. The van der Waals surface area contributed by atoms with Crippen molar-refractivity contribution < 1.29 is 4.74 Å². The van der Waals surface area contributed by atoms with Crippen LogP contribution >= 0.6 is 11.8 Å². The van der Waals surface area contributed by atoms with Crippen LogP contribution in [0.15, 0.2) is 6.07 Å². The topological polar surface area (TPSA) is 47.0 Å². The number of anilines is 1.